The van der Waals surface area contributed by atoms with Crippen LogP contribution in [-0.4, -0.2) is 15.5 Å². The van der Waals surface area contributed by atoms with Gasteiger partial charge in [-0.1, -0.05) is 59.9 Å². The first-order valence-electron chi connectivity index (χ1n) is 8.88. The number of esters is 1. The molecule has 0 radical (unpaired) electrons. The summed E-state index contributed by atoms with van der Waals surface area (Å²) in [6.07, 6.45) is 5.81. The van der Waals surface area contributed by atoms with Crippen molar-refractivity contribution in [3.63, 3.8) is 0 Å². The fraction of sp³-hybridized carbons (Fsp3) is 0.238. The largest absolute Gasteiger partial charge is 0.455 e. The van der Waals surface area contributed by atoms with Gasteiger partial charge in [-0.25, -0.2) is 4.98 Å². The Morgan fingerprint density at radius 1 is 1.14 bits per heavy atom. The second-order valence-electron chi connectivity index (χ2n) is 6.35. The van der Waals surface area contributed by atoms with Crippen LogP contribution in [-0.2, 0) is 16.1 Å². The molecule has 0 saturated heterocycles. The van der Waals surface area contributed by atoms with Crippen molar-refractivity contribution >= 4 is 40.8 Å². The van der Waals surface area contributed by atoms with Crippen LogP contribution in [0.1, 0.15) is 31.4 Å². The molecule has 1 aromatic heterocycles. The van der Waals surface area contributed by atoms with Crippen molar-refractivity contribution in [2.75, 3.05) is 0 Å². The third-order valence-corrected chi connectivity index (χ3v) is 5.13. The molecule has 0 N–H and O–H groups in total. The Morgan fingerprint density at radius 2 is 1.96 bits per heavy atom. The standard InChI is InChI=1S/C15H16Cl2N2O2.C6H3Cl/c1-2-3-15(20)21-14(9-19-7-6-18-10-19)12-5-4-11(16)8-13(12)17;7-6-3-4-1-2-5(4)6/h4-8,10,14H,2-3,9H2,1H3;1-3H. The van der Waals surface area contributed by atoms with Crippen LogP contribution in [0.2, 0.25) is 15.1 Å². The zero-order chi connectivity index (χ0) is 20.1. The number of rotatable bonds is 6. The molecule has 146 valence electrons. The minimum atomic E-state index is -0.469. The molecule has 7 heteroatoms. The van der Waals surface area contributed by atoms with Crippen molar-refractivity contribution < 1.29 is 9.53 Å². The van der Waals surface area contributed by atoms with Crippen molar-refractivity contribution in [1.29, 1.82) is 0 Å². The minimum absolute atomic E-state index is 0.242. The molecule has 0 amide bonds. The fourth-order valence-electron chi connectivity index (χ4n) is 2.71. The summed E-state index contributed by atoms with van der Waals surface area (Å²) in [5, 5.41) is 4.49. The lowest BCUT2D eigenvalue weighted by atomic mass is 10.1. The van der Waals surface area contributed by atoms with Gasteiger partial charge in [0.2, 0.25) is 0 Å². The maximum Gasteiger partial charge on any atom is 0.306 e. The molecule has 1 heterocycles. The predicted octanol–water partition coefficient (Wildman–Crippen LogP) is 6.21. The lowest BCUT2D eigenvalue weighted by Crippen LogP contribution is -2.16. The van der Waals surface area contributed by atoms with Gasteiger partial charge in [-0.15, -0.1) is 0 Å². The quantitative estimate of drug-likeness (QED) is 0.337. The van der Waals surface area contributed by atoms with Crippen LogP contribution in [0, 0.1) is 10.4 Å². The summed E-state index contributed by atoms with van der Waals surface area (Å²) in [5.74, 6) is -0.242. The Bertz CT molecular complexity index is 1050. The van der Waals surface area contributed by atoms with E-state index in [1.807, 2.05) is 29.8 Å². The van der Waals surface area contributed by atoms with E-state index in [1.165, 1.54) is 10.4 Å². The number of hydrogen-bond donors (Lipinski definition) is 0. The molecule has 4 rings (SSSR count). The van der Waals surface area contributed by atoms with Crippen LogP contribution in [0.15, 0.2) is 55.1 Å². The second-order valence-corrected chi connectivity index (χ2v) is 7.60. The highest BCUT2D eigenvalue weighted by atomic mass is 35.5. The van der Waals surface area contributed by atoms with E-state index in [4.69, 9.17) is 39.5 Å². The molecule has 2 aromatic rings. The van der Waals surface area contributed by atoms with Crippen LogP contribution in [0.3, 0.4) is 0 Å². The summed E-state index contributed by atoms with van der Waals surface area (Å²) in [7, 11) is 0. The molecule has 0 saturated carbocycles. The number of nitrogens with zero attached hydrogens (tertiary/aromatic N) is 2. The highest BCUT2D eigenvalue weighted by Crippen LogP contribution is 2.30. The third kappa shape index (κ3) is 5.07. The van der Waals surface area contributed by atoms with E-state index in [9.17, 15) is 4.79 Å². The molecule has 28 heavy (non-hydrogen) atoms. The smallest absolute Gasteiger partial charge is 0.306 e. The van der Waals surface area contributed by atoms with Crippen LogP contribution >= 0.6 is 34.8 Å². The molecule has 1 unspecified atom stereocenters. The van der Waals surface area contributed by atoms with E-state index in [1.54, 1.807) is 30.7 Å². The minimum Gasteiger partial charge on any atom is -0.455 e. The van der Waals surface area contributed by atoms with E-state index in [0.29, 0.717) is 23.0 Å². The van der Waals surface area contributed by atoms with Crippen LogP contribution < -0.4 is 0 Å². The maximum absolute atomic E-state index is 11.8. The Kier molecular flexibility index (Phi) is 7.00. The van der Waals surface area contributed by atoms with Gasteiger partial charge in [-0.3, -0.25) is 4.79 Å². The molecule has 2 aliphatic carbocycles. The highest BCUT2D eigenvalue weighted by Gasteiger charge is 2.20. The van der Waals surface area contributed by atoms with Crippen LogP contribution in [0.5, 0.6) is 0 Å². The summed E-state index contributed by atoms with van der Waals surface area (Å²) in [5.41, 5.74) is 0.735. The number of aromatic nitrogens is 2. The molecule has 0 bridgehead atoms. The first-order valence-corrected chi connectivity index (χ1v) is 10.0. The van der Waals surface area contributed by atoms with E-state index in [2.05, 4.69) is 11.1 Å². The van der Waals surface area contributed by atoms with Gasteiger partial charge in [-0.2, -0.15) is 0 Å². The molecule has 0 aliphatic heterocycles. The normalized spacial score (nSPS) is 12.0. The highest BCUT2D eigenvalue weighted by molar-refractivity contribution is 6.35. The molecule has 2 aliphatic rings. The van der Waals surface area contributed by atoms with Gasteiger partial charge in [0.1, 0.15) is 6.10 Å². The van der Waals surface area contributed by atoms with Gasteiger partial charge in [0.25, 0.3) is 0 Å². The van der Waals surface area contributed by atoms with Crippen molar-refractivity contribution in [2.45, 2.75) is 32.4 Å². The molecular weight excluding hydrogens is 419 g/mol. The Hall–Kier alpha value is -2.01. The number of imidazole rings is 1. The summed E-state index contributed by atoms with van der Waals surface area (Å²) in [6, 6.07) is 11.2. The van der Waals surface area contributed by atoms with E-state index < -0.39 is 6.10 Å². The van der Waals surface area contributed by atoms with Crippen molar-refractivity contribution in [3.05, 3.63) is 86.2 Å². The third-order valence-electron chi connectivity index (χ3n) is 4.25. The average molecular weight is 438 g/mol. The van der Waals surface area contributed by atoms with Crippen LogP contribution in [0.25, 0.3) is 0 Å². The van der Waals surface area contributed by atoms with Gasteiger partial charge in [0.05, 0.1) is 12.9 Å². The van der Waals surface area contributed by atoms with Crippen molar-refractivity contribution in [1.82, 2.24) is 9.55 Å². The average Bonchev–Trinajstić information content (AvgIpc) is 3.13. The summed E-state index contributed by atoms with van der Waals surface area (Å²) in [4.78, 5) is 15.8. The van der Waals surface area contributed by atoms with Gasteiger partial charge in [0.15, 0.2) is 0 Å². The van der Waals surface area contributed by atoms with Gasteiger partial charge < -0.3 is 9.30 Å². The number of carbonyl (C=O) groups excluding carboxylic acids is 1. The Balaban J connectivity index is 0.000000264. The lowest BCUT2D eigenvalue weighted by molar-refractivity contribution is -0.150. The first kappa shape index (κ1) is 20.7. The first-order chi connectivity index (χ1) is 13.5. The van der Waals surface area contributed by atoms with Crippen molar-refractivity contribution in [3.8, 4) is 0 Å². The van der Waals surface area contributed by atoms with Crippen molar-refractivity contribution in [2.24, 2.45) is 0 Å². The SMILES string of the molecule is CCCC(=O)OC(Cn1ccnc1)c1ccc(Cl)cc1Cl.Clc1cc2ccc1=2. The van der Waals surface area contributed by atoms with E-state index in [-0.39, 0.29) is 5.97 Å². The molecule has 0 fully saturated rings. The maximum atomic E-state index is 11.8. The molecule has 1 atom stereocenters. The molecule has 4 nitrogen and oxygen atoms in total. The monoisotopic (exact) mass is 436 g/mol. The van der Waals surface area contributed by atoms with Gasteiger partial charge >= 0.3 is 5.97 Å². The zero-order valence-electron chi connectivity index (χ0n) is 15.2. The van der Waals surface area contributed by atoms with Gasteiger partial charge in [0, 0.05) is 44.7 Å². The fourth-order valence-corrected chi connectivity index (χ4v) is 3.53. The van der Waals surface area contributed by atoms with E-state index >= 15 is 0 Å². The molecular formula is C21H19Cl3N2O2. The lowest BCUT2D eigenvalue weighted by Gasteiger charge is -2.20. The number of benzene rings is 2. The molecule has 1 aromatic carbocycles. The Labute approximate surface area is 178 Å². The van der Waals surface area contributed by atoms with E-state index in [0.717, 1.165) is 17.0 Å². The number of ether oxygens (including phenoxy) is 1. The number of carbonyl (C=O) groups is 1. The molecule has 0 spiro atoms. The number of hydrogen-bond acceptors (Lipinski definition) is 3. The Morgan fingerprint density at radius 3 is 2.43 bits per heavy atom. The van der Waals surface area contributed by atoms with Crippen LogP contribution in [0.4, 0.5) is 0 Å². The topological polar surface area (TPSA) is 44.1 Å². The summed E-state index contributed by atoms with van der Waals surface area (Å²) < 4.78 is 7.40. The summed E-state index contributed by atoms with van der Waals surface area (Å²) in [6.45, 7) is 2.39. The van der Waals surface area contributed by atoms with Gasteiger partial charge in [-0.05, 0) is 29.8 Å². The number of halogens is 3. The second kappa shape index (κ2) is 9.46. The predicted molar refractivity (Wildman–Crippen MR) is 112 cm³/mol. The summed E-state index contributed by atoms with van der Waals surface area (Å²) >= 11 is 17.7. The zero-order valence-corrected chi connectivity index (χ0v) is 17.5.